The molecule has 5 nitrogen and oxygen atoms in total. The first kappa shape index (κ1) is 13.6. The summed E-state index contributed by atoms with van der Waals surface area (Å²) in [6.45, 7) is 1.81. The van der Waals surface area contributed by atoms with Crippen LogP contribution in [0.1, 0.15) is 48.2 Å². The van der Waals surface area contributed by atoms with Crippen LogP contribution in [0.25, 0.3) is 0 Å². The molecule has 0 atom stereocenters. The first-order valence-electron chi connectivity index (χ1n) is 6.76. The molecule has 2 N–H and O–H groups in total. The van der Waals surface area contributed by atoms with Gasteiger partial charge in [-0.05, 0) is 31.4 Å². The Morgan fingerprint density at radius 2 is 2.05 bits per heavy atom. The lowest BCUT2D eigenvalue weighted by atomic mass is 9.95. The van der Waals surface area contributed by atoms with Gasteiger partial charge in [-0.3, -0.25) is 4.79 Å². The number of aromatic carboxylic acids is 1. The van der Waals surface area contributed by atoms with Crippen LogP contribution in [0.4, 0.5) is 0 Å². The predicted molar refractivity (Wildman–Crippen MR) is 71.1 cm³/mol. The van der Waals surface area contributed by atoms with Crippen LogP contribution in [0.5, 0.6) is 0 Å². The normalized spacial score (nSPS) is 16.3. The van der Waals surface area contributed by atoms with Crippen molar-refractivity contribution < 1.29 is 14.7 Å². The van der Waals surface area contributed by atoms with Gasteiger partial charge in [0.2, 0.25) is 5.91 Å². The highest BCUT2D eigenvalue weighted by Crippen LogP contribution is 2.17. The largest absolute Gasteiger partial charge is 0.477 e. The number of carboxylic acid groups (broad SMARTS) is 1. The van der Waals surface area contributed by atoms with E-state index in [1.165, 1.54) is 11.0 Å². The monoisotopic (exact) mass is 264 g/mol. The van der Waals surface area contributed by atoms with E-state index in [1.807, 2.05) is 0 Å². The maximum atomic E-state index is 11.9. The van der Waals surface area contributed by atoms with Gasteiger partial charge in [0.1, 0.15) is 12.2 Å². The van der Waals surface area contributed by atoms with Gasteiger partial charge in [-0.25, -0.2) is 4.79 Å². The van der Waals surface area contributed by atoms with Crippen LogP contribution in [-0.4, -0.2) is 27.6 Å². The SMILES string of the molecule is Cc1ccn(CC(=O)NC2CCCCC2)c1C(=O)O. The number of rotatable bonds is 4. The number of amides is 1. The van der Waals surface area contributed by atoms with Crippen molar-refractivity contribution in [1.29, 1.82) is 0 Å². The fraction of sp³-hybridized carbons (Fsp3) is 0.571. The summed E-state index contributed by atoms with van der Waals surface area (Å²) in [6, 6.07) is 1.98. The lowest BCUT2D eigenvalue weighted by Gasteiger charge is -2.23. The van der Waals surface area contributed by atoms with Crippen molar-refractivity contribution >= 4 is 11.9 Å². The van der Waals surface area contributed by atoms with Crippen LogP contribution in [0.3, 0.4) is 0 Å². The highest BCUT2D eigenvalue weighted by molar-refractivity contribution is 5.88. The number of aryl methyl sites for hydroxylation is 1. The van der Waals surface area contributed by atoms with E-state index in [0.29, 0.717) is 5.56 Å². The van der Waals surface area contributed by atoms with E-state index in [1.54, 1.807) is 19.2 Å². The predicted octanol–water partition coefficient (Wildman–Crippen LogP) is 1.94. The summed E-state index contributed by atoms with van der Waals surface area (Å²) >= 11 is 0. The molecule has 1 amide bonds. The second-order valence-corrected chi connectivity index (χ2v) is 5.18. The summed E-state index contributed by atoms with van der Waals surface area (Å²) in [5, 5.41) is 12.1. The minimum atomic E-state index is -0.993. The zero-order valence-electron chi connectivity index (χ0n) is 11.2. The van der Waals surface area contributed by atoms with Gasteiger partial charge >= 0.3 is 5.97 Å². The Bertz CT molecular complexity index is 473. The molecule has 1 aromatic rings. The molecular formula is C14H20N2O3. The number of aromatic nitrogens is 1. The molecule has 0 bridgehead atoms. The number of hydrogen-bond donors (Lipinski definition) is 2. The van der Waals surface area contributed by atoms with Crippen molar-refractivity contribution in [2.75, 3.05) is 0 Å². The zero-order valence-corrected chi connectivity index (χ0v) is 11.2. The molecule has 2 rings (SSSR count). The van der Waals surface area contributed by atoms with E-state index in [0.717, 1.165) is 25.7 Å². The molecule has 1 heterocycles. The van der Waals surface area contributed by atoms with Gasteiger partial charge < -0.3 is 15.0 Å². The molecule has 1 aliphatic rings. The summed E-state index contributed by atoms with van der Waals surface area (Å²) in [4.78, 5) is 23.1. The molecule has 0 spiro atoms. The Kier molecular flexibility index (Phi) is 4.24. The molecule has 19 heavy (non-hydrogen) atoms. The zero-order chi connectivity index (χ0) is 13.8. The van der Waals surface area contributed by atoms with Gasteiger partial charge in [0.15, 0.2) is 0 Å². The van der Waals surface area contributed by atoms with Gasteiger partial charge in [0.05, 0.1) is 0 Å². The van der Waals surface area contributed by atoms with Gasteiger partial charge in [0, 0.05) is 12.2 Å². The molecule has 5 heteroatoms. The highest BCUT2D eigenvalue weighted by Gasteiger charge is 2.18. The molecule has 0 aromatic carbocycles. The van der Waals surface area contributed by atoms with Crippen molar-refractivity contribution in [2.45, 2.75) is 51.6 Å². The molecule has 0 radical (unpaired) electrons. The number of carbonyl (C=O) groups excluding carboxylic acids is 1. The van der Waals surface area contributed by atoms with Crippen LogP contribution in [0, 0.1) is 6.92 Å². The van der Waals surface area contributed by atoms with Crippen molar-refractivity contribution in [3.05, 3.63) is 23.5 Å². The van der Waals surface area contributed by atoms with Crippen LogP contribution >= 0.6 is 0 Å². The third kappa shape index (κ3) is 3.36. The Labute approximate surface area is 112 Å². The summed E-state index contributed by atoms with van der Waals surface area (Å²) in [5.41, 5.74) is 0.872. The fourth-order valence-corrected chi connectivity index (χ4v) is 2.68. The number of hydrogen-bond acceptors (Lipinski definition) is 2. The quantitative estimate of drug-likeness (QED) is 0.873. The molecule has 1 saturated carbocycles. The number of nitrogens with one attached hydrogen (secondary N) is 1. The van der Waals surface area contributed by atoms with Crippen LogP contribution in [0.15, 0.2) is 12.3 Å². The molecular weight excluding hydrogens is 244 g/mol. The van der Waals surface area contributed by atoms with Crippen LogP contribution < -0.4 is 5.32 Å². The molecule has 0 unspecified atom stereocenters. The topological polar surface area (TPSA) is 71.3 Å². The van der Waals surface area contributed by atoms with Crippen molar-refractivity contribution in [1.82, 2.24) is 9.88 Å². The summed E-state index contributed by atoms with van der Waals surface area (Å²) in [5.74, 6) is -1.10. The molecule has 0 aliphatic heterocycles. The lowest BCUT2D eigenvalue weighted by Crippen LogP contribution is -2.38. The van der Waals surface area contributed by atoms with E-state index >= 15 is 0 Å². The average molecular weight is 264 g/mol. The maximum absolute atomic E-state index is 11.9. The minimum absolute atomic E-state index is 0.0754. The molecule has 1 aromatic heterocycles. The standard InChI is InChI=1S/C14H20N2O3/c1-10-7-8-16(13(10)14(18)19)9-12(17)15-11-5-3-2-4-6-11/h7-8,11H,2-6,9H2,1H3,(H,15,17)(H,18,19). The van der Waals surface area contributed by atoms with Crippen molar-refractivity contribution in [3.8, 4) is 0 Å². The summed E-state index contributed by atoms with van der Waals surface area (Å²) < 4.78 is 1.50. The lowest BCUT2D eigenvalue weighted by molar-refractivity contribution is -0.122. The average Bonchev–Trinajstić information content (AvgIpc) is 2.71. The third-order valence-electron chi connectivity index (χ3n) is 3.65. The molecule has 1 aliphatic carbocycles. The van der Waals surface area contributed by atoms with Crippen LogP contribution in [0.2, 0.25) is 0 Å². The maximum Gasteiger partial charge on any atom is 0.352 e. The second kappa shape index (κ2) is 5.91. The third-order valence-corrected chi connectivity index (χ3v) is 3.65. The first-order chi connectivity index (χ1) is 9.08. The second-order valence-electron chi connectivity index (χ2n) is 5.18. The highest BCUT2D eigenvalue weighted by atomic mass is 16.4. The number of carboxylic acids is 1. The summed E-state index contributed by atoms with van der Waals surface area (Å²) in [7, 11) is 0. The minimum Gasteiger partial charge on any atom is -0.477 e. The van der Waals surface area contributed by atoms with Gasteiger partial charge in [-0.1, -0.05) is 19.3 Å². The van der Waals surface area contributed by atoms with E-state index in [2.05, 4.69) is 5.32 Å². The molecule has 1 fully saturated rings. The molecule has 104 valence electrons. The van der Waals surface area contributed by atoms with Crippen molar-refractivity contribution in [2.24, 2.45) is 0 Å². The first-order valence-corrected chi connectivity index (χ1v) is 6.76. The van der Waals surface area contributed by atoms with E-state index < -0.39 is 5.97 Å². The summed E-state index contributed by atoms with van der Waals surface area (Å²) in [6.07, 6.45) is 7.28. The fourth-order valence-electron chi connectivity index (χ4n) is 2.68. The van der Waals surface area contributed by atoms with Gasteiger partial charge in [-0.2, -0.15) is 0 Å². The molecule has 0 saturated heterocycles. The Balaban J connectivity index is 1.96. The van der Waals surface area contributed by atoms with E-state index in [9.17, 15) is 9.59 Å². The Morgan fingerprint density at radius 1 is 1.37 bits per heavy atom. The smallest absolute Gasteiger partial charge is 0.352 e. The van der Waals surface area contributed by atoms with Crippen LogP contribution in [-0.2, 0) is 11.3 Å². The van der Waals surface area contributed by atoms with Crippen molar-refractivity contribution in [3.63, 3.8) is 0 Å². The van der Waals surface area contributed by atoms with Gasteiger partial charge in [0.25, 0.3) is 0 Å². The Hall–Kier alpha value is -1.78. The number of nitrogens with zero attached hydrogens (tertiary/aromatic N) is 1. The van der Waals surface area contributed by atoms with E-state index in [4.69, 9.17) is 5.11 Å². The van der Waals surface area contributed by atoms with E-state index in [-0.39, 0.29) is 24.2 Å². The Morgan fingerprint density at radius 3 is 2.68 bits per heavy atom. The number of carbonyl (C=O) groups is 2. The van der Waals surface area contributed by atoms with Gasteiger partial charge in [-0.15, -0.1) is 0 Å².